The Kier molecular flexibility index (Phi) is 6.18. The molecule has 6 heteroatoms. The molecule has 1 atom stereocenters. The van der Waals surface area contributed by atoms with Gasteiger partial charge in [0.05, 0.1) is 5.52 Å². The number of nitrogens with zero attached hydrogens (tertiary/aromatic N) is 2. The molecule has 0 aliphatic carbocycles. The molecule has 0 saturated carbocycles. The number of carbonyl (C=O) groups excluding carboxylic acids is 1. The molecule has 1 aromatic carbocycles. The number of rotatable bonds is 5. The summed E-state index contributed by atoms with van der Waals surface area (Å²) in [4.78, 5) is 14.1. The van der Waals surface area contributed by atoms with Gasteiger partial charge < -0.3 is 10.6 Å². The minimum atomic E-state index is -0.0709. The van der Waals surface area contributed by atoms with E-state index >= 15 is 0 Å². The van der Waals surface area contributed by atoms with E-state index in [1.165, 1.54) is 0 Å². The molecule has 1 amide bonds. The second-order valence-corrected chi connectivity index (χ2v) is 5.54. The molecule has 2 rings (SSSR count). The summed E-state index contributed by atoms with van der Waals surface area (Å²) in [7, 11) is 1.79. The number of hydrogen-bond acceptors (Lipinski definition) is 3. The highest BCUT2D eigenvalue weighted by Gasteiger charge is 2.18. The standard InChI is InChI=1S/C15H22N4O.ClH/c1-10(2)12(16)8-9-19(3)15(20)14-11-6-4-5-7-13(11)17-18-14;/h4-7,10,12H,8-9,16H2,1-3H3,(H,17,18);1H. The number of carbonyl (C=O) groups is 1. The number of nitrogens with one attached hydrogen (secondary N) is 1. The van der Waals surface area contributed by atoms with Crippen LogP contribution in [0.2, 0.25) is 0 Å². The van der Waals surface area contributed by atoms with Crippen molar-refractivity contribution in [3.8, 4) is 0 Å². The van der Waals surface area contributed by atoms with Crippen LogP contribution in [0, 0.1) is 5.92 Å². The minimum Gasteiger partial charge on any atom is -0.340 e. The van der Waals surface area contributed by atoms with Crippen LogP contribution in [0.15, 0.2) is 24.3 Å². The molecule has 0 spiro atoms. The maximum Gasteiger partial charge on any atom is 0.274 e. The van der Waals surface area contributed by atoms with Gasteiger partial charge in [-0.15, -0.1) is 12.4 Å². The SMILES string of the molecule is CC(C)C(N)CCN(C)C(=O)c1n[nH]c2ccccc12.Cl. The maximum atomic E-state index is 12.4. The fraction of sp³-hybridized carbons (Fsp3) is 0.467. The van der Waals surface area contributed by atoms with E-state index < -0.39 is 0 Å². The molecular weight excluding hydrogens is 288 g/mol. The lowest BCUT2D eigenvalue weighted by Gasteiger charge is -2.21. The summed E-state index contributed by atoms with van der Waals surface area (Å²) in [6.45, 7) is 4.82. The molecule has 0 radical (unpaired) electrons. The first kappa shape index (κ1) is 17.5. The van der Waals surface area contributed by atoms with Crippen LogP contribution in [0.3, 0.4) is 0 Å². The Morgan fingerprint density at radius 1 is 1.38 bits per heavy atom. The van der Waals surface area contributed by atoms with E-state index in [4.69, 9.17) is 5.73 Å². The Balaban J connectivity index is 0.00000220. The summed E-state index contributed by atoms with van der Waals surface area (Å²) in [5, 5.41) is 7.87. The van der Waals surface area contributed by atoms with Gasteiger partial charge in [-0.05, 0) is 18.4 Å². The Bertz CT molecular complexity index is 596. The lowest BCUT2D eigenvalue weighted by molar-refractivity contribution is 0.0785. The molecule has 0 aliphatic heterocycles. The van der Waals surface area contributed by atoms with Crippen molar-refractivity contribution in [3.05, 3.63) is 30.0 Å². The van der Waals surface area contributed by atoms with Gasteiger partial charge in [-0.3, -0.25) is 9.89 Å². The van der Waals surface area contributed by atoms with Gasteiger partial charge >= 0.3 is 0 Å². The highest BCUT2D eigenvalue weighted by Crippen LogP contribution is 2.16. The average molecular weight is 311 g/mol. The zero-order valence-electron chi connectivity index (χ0n) is 12.7. The normalized spacial score (nSPS) is 12.2. The predicted molar refractivity (Wildman–Crippen MR) is 87.7 cm³/mol. The fourth-order valence-corrected chi connectivity index (χ4v) is 2.08. The number of fused-ring (bicyclic) bond motifs is 1. The maximum absolute atomic E-state index is 12.4. The number of nitrogens with two attached hydrogens (primary N) is 1. The molecule has 0 fully saturated rings. The topological polar surface area (TPSA) is 75.0 Å². The fourth-order valence-electron chi connectivity index (χ4n) is 2.08. The van der Waals surface area contributed by atoms with E-state index in [0.717, 1.165) is 17.3 Å². The number of benzene rings is 1. The molecule has 5 nitrogen and oxygen atoms in total. The third-order valence-electron chi connectivity index (χ3n) is 3.67. The van der Waals surface area contributed by atoms with Gasteiger partial charge in [0.15, 0.2) is 5.69 Å². The number of hydrogen-bond donors (Lipinski definition) is 2. The van der Waals surface area contributed by atoms with Gasteiger partial charge in [0, 0.05) is 25.0 Å². The van der Waals surface area contributed by atoms with E-state index in [1.807, 2.05) is 24.3 Å². The molecule has 0 saturated heterocycles. The van der Waals surface area contributed by atoms with Crippen LogP contribution in [0.5, 0.6) is 0 Å². The molecule has 1 heterocycles. The van der Waals surface area contributed by atoms with Crippen LogP contribution in [0.25, 0.3) is 10.9 Å². The van der Waals surface area contributed by atoms with E-state index in [-0.39, 0.29) is 24.4 Å². The molecule has 0 bridgehead atoms. The zero-order valence-corrected chi connectivity index (χ0v) is 13.5. The van der Waals surface area contributed by atoms with E-state index in [9.17, 15) is 4.79 Å². The van der Waals surface area contributed by atoms with Gasteiger partial charge in [0.25, 0.3) is 5.91 Å². The molecule has 2 aromatic rings. The molecule has 3 N–H and O–H groups in total. The van der Waals surface area contributed by atoms with Gasteiger partial charge in [0.1, 0.15) is 0 Å². The highest BCUT2D eigenvalue weighted by molar-refractivity contribution is 6.04. The van der Waals surface area contributed by atoms with Gasteiger partial charge in [0.2, 0.25) is 0 Å². The summed E-state index contributed by atoms with van der Waals surface area (Å²) in [5.41, 5.74) is 7.37. The predicted octanol–water partition coefficient (Wildman–Crippen LogP) is 2.43. The van der Waals surface area contributed by atoms with E-state index in [0.29, 0.717) is 18.2 Å². The first-order chi connectivity index (χ1) is 9.50. The third kappa shape index (κ3) is 3.95. The van der Waals surface area contributed by atoms with Crippen molar-refractivity contribution in [3.63, 3.8) is 0 Å². The number of halogens is 1. The average Bonchev–Trinajstić information content (AvgIpc) is 2.87. The summed E-state index contributed by atoms with van der Waals surface area (Å²) < 4.78 is 0. The quantitative estimate of drug-likeness (QED) is 0.890. The number of amides is 1. The number of H-pyrrole nitrogens is 1. The van der Waals surface area contributed by atoms with Crippen LogP contribution in [0.1, 0.15) is 30.8 Å². The number of aromatic nitrogens is 2. The largest absolute Gasteiger partial charge is 0.340 e. The van der Waals surface area contributed by atoms with Crippen molar-refractivity contribution in [2.75, 3.05) is 13.6 Å². The molecular formula is C15H23ClN4O. The number of aromatic amines is 1. The van der Waals surface area contributed by atoms with Gasteiger partial charge in [-0.1, -0.05) is 32.0 Å². The Morgan fingerprint density at radius 2 is 2.05 bits per heavy atom. The molecule has 1 aromatic heterocycles. The molecule has 116 valence electrons. The summed E-state index contributed by atoms with van der Waals surface area (Å²) >= 11 is 0. The summed E-state index contributed by atoms with van der Waals surface area (Å²) in [6.07, 6.45) is 0.794. The molecule has 21 heavy (non-hydrogen) atoms. The van der Waals surface area contributed by atoms with E-state index in [1.54, 1.807) is 11.9 Å². The molecule has 1 unspecified atom stereocenters. The van der Waals surface area contributed by atoms with Crippen LogP contribution in [-0.2, 0) is 0 Å². The lowest BCUT2D eigenvalue weighted by Crippen LogP contribution is -2.34. The second-order valence-electron chi connectivity index (χ2n) is 5.54. The van der Waals surface area contributed by atoms with Crippen LogP contribution >= 0.6 is 12.4 Å². The Morgan fingerprint density at radius 3 is 2.71 bits per heavy atom. The first-order valence-electron chi connectivity index (χ1n) is 6.95. The van der Waals surface area contributed by atoms with E-state index in [2.05, 4.69) is 24.0 Å². The van der Waals surface area contributed by atoms with Gasteiger partial charge in [-0.25, -0.2) is 0 Å². The third-order valence-corrected chi connectivity index (χ3v) is 3.67. The highest BCUT2D eigenvalue weighted by atomic mass is 35.5. The van der Waals surface area contributed by atoms with Crippen molar-refractivity contribution in [2.24, 2.45) is 11.7 Å². The van der Waals surface area contributed by atoms with Crippen LogP contribution in [0.4, 0.5) is 0 Å². The van der Waals surface area contributed by atoms with Crippen molar-refractivity contribution in [1.82, 2.24) is 15.1 Å². The summed E-state index contributed by atoms with van der Waals surface area (Å²) in [6, 6.07) is 7.75. The van der Waals surface area contributed by atoms with Crippen molar-refractivity contribution >= 4 is 29.2 Å². The van der Waals surface area contributed by atoms with Crippen LogP contribution < -0.4 is 5.73 Å². The Hall–Kier alpha value is -1.59. The van der Waals surface area contributed by atoms with Crippen molar-refractivity contribution in [2.45, 2.75) is 26.3 Å². The van der Waals surface area contributed by atoms with Gasteiger partial charge in [-0.2, -0.15) is 5.10 Å². The second kappa shape index (κ2) is 7.43. The van der Waals surface area contributed by atoms with Crippen molar-refractivity contribution < 1.29 is 4.79 Å². The van der Waals surface area contributed by atoms with Crippen LogP contribution in [-0.4, -0.2) is 40.6 Å². The lowest BCUT2D eigenvalue weighted by atomic mass is 10.0. The van der Waals surface area contributed by atoms with Crippen molar-refractivity contribution in [1.29, 1.82) is 0 Å². The monoisotopic (exact) mass is 310 g/mol. The zero-order chi connectivity index (χ0) is 14.7. The summed E-state index contributed by atoms with van der Waals surface area (Å²) in [5.74, 6) is 0.350. The smallest absolute Gasteiger partial charge is 0.274 e. The molecule has 0 aliphatic rings. The Labute approximate surface area is 131 Å². The first-order valence-corrected chi connectivity index (χ1v) is 6.95. The number of para-hydroxylation sites is 1. The minimum absolute atomic E-state index is 0.